The van der Waals surface area contributed by atoms with E-state index in [1.165, 1.54) is 4.90 Å². The van der Waals surface area contributed by atoms with Crippen molar-refractivity contribution in [1.29, 1.82) is 0 Å². The first-order valence-electron chi connectivity index (χ1n) is 5.78. The van der Waals surface area contributed by atoms with E-state index in [1.54, 1.807) is 27.7 Å². The zero-order chi connectivity index (χ0) is 14.5. The molecule has 7 nitrogen and oxygen atoms in total. The third-order valence-corrected chi connectivity index (χ3v) is 2.60. The number of nitrogens with zero attached hydrogens (tertiary/aromatic N) is 2. The van der Waals surface area contributed by atoms with Crippen LogP contribution < -0.4 is 11.5 Å². The van der Waals surface area contributed by atoms with Crippen molar-refractivity contribution in [1.82, 2.24) is 4.90 Å². The summed E-state index contributed by atoms with van der Waals surface area (Å²) in [5.41, 5.74) is 10.6. The minimum atomic E-state index is -0.767. The molecular weight excluding hydrogens is 236 g/mol. The molecule has 0 aliphatic heterocycles. The smallest absolute Gasteiger partial charge is 0.237 e. The summed E-state index contributed by atoms with van der Waals surface area (Å²) < 4.78 is 0. The Balaban J connectivity index is 5.20. The van der Waals surface area contributed by atoms with Gasteiger partial charge in [0.05, 0.1) is 6.54 Å². The van der Waals surface area contributed by atoms with Crippen molar-refractivity contribution in [2.45, 2.75) is 33.7 Å². The first-order chi connectivity index (χ1) is 8.22. The van der Waals surface area contributed by atoms with Crippen molar-refractivity contribution in [2.24, 2.45) is 28.5 Å². The molecule has 5 N–H and O–H groups in total. The minimum Gasteiger partial charge on any atom is -0.409 e. The number of oxime groups is 1. The first-order valence-corrected chi connectivity index (χ1v) is 5.78. The molecular formula is C11H22N4O3. The molecule has 2 amide bonds. The molecule has 0 aliphatic carbocycles. The maximum atomic E-state index is 12.3. The van der Waals surface area contributed by atoms with Gasteiger partial charge in [-0.1, -0.05) is 19.0 Å². The van der Waals surface area contributed by atoms with Crippen molar-refractivity contribution in [3.8, 4) is 0 Å². The van der Waals surface area contributed by atoms with Crippen LogP contribution in [0.25, 0.3) is 0 Å². The van der Waals surface area contributed by atoms with Gasteiger partial charge in [0.1, 0.15) is 5.92 Å². The normalized spacial score (nSPS) is 13.8. The lowest BCUT2D eigenvalue weighted by Crippen LogP contribution is -2.49. The zero-order valence-electron chi connectivity index (χ0n) is 11.3. The summed E-state index contributed by atoms with van der Waals surface area (Å²) in [5.74, 6) is -2.04. The lowest BCUT2D eigenvalue weighted by molar-refractivity contribution is -0.139. The fraction of sp³-hybridized carbons (Fsp3) is 0.727. The average molecular weight is 258 g/mol. The Kier molecular flexibility index (Phi) is 6.15. The van der Waals surface area contributed by atoms with Crippen LogP contribution in [-0.2, 0) is 9.59 Å². The molecule has 0 bridgehead atoms. The van der Waals surface area contributed by atoms with Gasteiger partial charge in [0.25, 0.3) is 0 Å². The second kappa shape index (κ2) is 6.83. The van der Waals surface area contributed by atoms with Crippen molar-refractivity contribution in [3.05, 3.63) is 0 Å². The van der Waals surface area contributed by atoms with Crippen LogP contribution in [0.2, 0.25) is 0 Å². The Morgan fingerprint density at radius 1 is 1.22 bits per heavy atom. The molecule has 0 spiro atoms. The Bertz CT molecular complexity index is 339. The Hall–Kier alpha value is -1.79. The number of amides is 2. The van der Waals surface area contributed by atoms with Gasteiger partial charge >= 0.3 is 0 Å². The van der Waals surface area contributed by atoms with E-state index in [-0.39, 0.29) is 30.2 Å². The molecule has 1 unspecified atom stereocenters. The lowest BCUT2D eigenvalue weighted by atomic mass is 9.92. The topological polar surface area (TPSA) is 122 Å². The van der Waals surface area contributed by atoms with E-state index in [4.69, 9.17) is 16.7 Å². The molecule has 1 atom stereocenters. The highest BCUT2D eigenvalue weighted by Gasteiger charge is 2.32. The van der Waals surface area contributed by atoms with Crippen LogP contribution >= 0.6 is 0 Å². The lowest BCUT2D eigenvalue weighted by Gasteiger charge is -2.30. The van der Waals surface area contributed by atoms with E-state index in [2.05, 4.69) is 5.16 Å². The van der Waals surface area contributed by atoms with Gasteiger partial charge in [0.15, 0.2) is 5.84 Å². The van der Waals surface area contributed by atoms with Crippen LogP contribution in [0.3, 0.4) is 0 Å². The Labute approximate surface area is 107 Å². The van der Waals surface area contributed by atoms with Crippen LogP contribution in [0.4, 0.5) is 0 Å². The number of rotatable bonds is 6. The number of amidine groups is 1. The van der Waals surface area contributed by atoms with Crippen LogP contribution in [0.15, 0.2) is 5.16 Å². The quantitative estimate of drug-likeness (QED) is 0.262. The van der Waals surface area contributed by atoms with Gasteiger partial charge in [-0.05, 0) is 19.8 Å². The van der Waals surface area contributed by atoms with Crippen molar-refractivity contribution >= 4 is 17.6 Å². The molecule has 0 saturated heterocycles. The van der Waals surface area contributed by atoms with E-state index >= 15 is 0 Å². The number of hydrogen-bond donors (Lipinski definition) is 3. The summed E-state index contributed by atoms with van der Waals surface area (Å²) in [5, 5.41) is 11.6. The van der Waals surface area contributed by atoms with Crippen molar-refractivity contribution in [2.75, 3.05) is 6.54 Å². The summed E-state index contributed by atoms with van der Waals surface area (Å²) in [7, 11) is 0. The maximum Gasteiger partial charge on any atom is 0.237 e. The van der Waals surface area contributed by atoms with Gasteiger partial charge in [-0.3, -0.25) is 9.59 Å². The minimum absolute atomic E-state index is 0.150. The highest BCUT2D eigenvalue weighted by Crippen LogP contribution is 2.16. The molecule has 0 saturated carbocycles. The molecule has 0 aromatic rings. The molecule has 7 heteroatoms. The summed E-state index contributed by atoms with van der Waals surface area (Å²) >= 11 is 0. The monoisotopic (exact) mass is 258 g/mol. The van der Waals surface area contributed by atoms with Gasteiger partial charge in [-0.15, -0.1) is 0 Å². The number of carbonyl (C=O) groups excluding carboxylic acids is 2. The van der Waals surface area contributed by atoms with E-state index < -0.39 is 11.8 Å². The Morgan fingerprint density at radius 3 is 2.00 bits per heavy atom. The van der Waals surface area contributed by atoms with E-state index in [0.29, 0.717) is 0 Å². The van der Waals surface area contributed by atoms with Crippen molar-refractivity contribution < 1.29 is 14.8 Å². The largest absolute Gasteiger partial charge is 0.409 e. The highest BCUT2D eigenvalue weighted by molar-refractivity contribution is 6.03. The van der Waals surface area contributed by atoms with E-state index in [0.717, 1.165) is 0 Å². The molecule has 0 aliphatic rings. The maximum absolute atomic E-state index is 12.3. The number of hydrogen-bond acceptors (Lipinski definition) is 4. The molecule has 0 heterocycles. The fourth-order valence-electron chi connectivity index (χ4n) is 1.68. The third-order valence-electron chi connectivity index (χ3n) is 2.60. The molecule has 0 radical (unpaired) electrons. The molecule has 0 rings (SSSR count). The second-order valence-corrected chi connectivity index (χ2v) is 4.77. The van der Waals surface area contributed by atoms with Gasteiger partial charge in [-0.2, -0.15) is 0 Å². The predicted molar refractivity (Wildman–Crippen MR) is 67.8 cm³/mol. The number of primary amides is 1. The van der Waals surface area contributed by atoms with Gasteiger partial charge < -0.3 is 21.6 Å². The van der Waals surface area contributed by atoms with Crippen LogP contribution in [0.5, 0.6) is 0 Å². The van der Waals surface area contributed by atoms with Gasteiger partial charge in [-0.25, -0.2) is 0 Å². The highest BCUT2D eigenvalue weighted by atomic mass is 16.4. The molecule has 104 valence electrons. The third kappa shape index (κ3) is 4.23. The summed E-state index contributed by atoms with van der Waals surface area (Å²) in [4.78, 5) is 24.6. The Morgan fingerprint density at radius 2 is 1.72 bits per heavy atom. The summed E-state index contributed by atoms with van der Waals surface area (Å²) in [6.45, 7) is 6.92. The molecule has 0 aromatic carbocycles. The van der Waals surface area contributed by atoms with Crippen LogP contribution in [0, 0.1) is 11.8 Å². The number of nitrogens with two attached hydrogens (primary N) is 2. The van der Waals surface area contributed by atoms with E-state index in [9.17, 15) is 9.59 Å². The van der Waals surface area contributed by atoms with Gasteiger partial charge in [0, 0.05) is 6.04 Å². The molecule has 0 aromatic heterocycles. The zero-order valence-corrected chi connectivity index (χ0v) is 11.3. The predicted octanol–water partition coefficient (Wildman–Crippen LogP) is -0.273. The summed E-state index contributed by atoms with van der Waals surface area (Å²) in [6.07, 6.45) is 0. The first kappa shape index (κ1) is 16.2. The van der Waals surface area contributed by atoms with Crippen molar-refractivity contribution in [3.63, 3.8) is 0 Å². The van der Waals surface area contributed by atoms with E-state index in [1.807, 2.05) is 0 Å². The standard InChI is InChI=1S/C11H22N4O3/c1-6(2)9(10(13)14-18)11(17)15(7(3)4)5-8(12)16/h6-7,9,18H,5H2,1-4H3,(H2,12,16)(H2,13,14). The second-order valence-electron chi connectivity index (χ2n) is 4.77. The number of carbonyl (C=O) groups is 2. The average Bonchev–Trinajstić information content (AvgIpc) is 2.24. The van der Waals surface area contributed by atoms with Crippen LogP contribution in [0.1, 0.15) is 27.7 Å². The van der Waals surface area contributed by atoms with Gasteiger partial charge in [0.2, 0.25) is 11.8 Å². The van der Waals surface area contributed by atoms with Crippen LogP contribution in [-0.4, -0.2) is 40.3 Å². The SMILES string of the molecule is CC(C)C(C(=O)N(CC(N)=O)C(C)C)C(N)=NO. The fourth-order valence-corrected chi connectivity index (χ4v) is 1.68. The summed E-state index contributed by atoms with van der Waals surface area (Å²) in [6, 6.07) is -0.197. The molecule has 18 heavy (non-hydrogen) atoms. The molecule has 0 fully saturated rings.